The van der Waals surface area contributed by atoms with E-state index in [0.717, 1.165) is 23.4 Å². The average molecular weight is 349 g/mol. The Labute approximate surface area is 142 Å². The lowest BCUT2D eigenvalue weighted by atomic mass is 10.0. The normalized spacial score (nSPS) is 15.4. The number of nitrogens with two attached hydrogens (primary N) is 1. The van der Waals surface area contributed by atoms with Crippen LogP contribution >= 0.6 is 10.8 Å². The summed E-state index contributed by atoms with van der Waals surface area (Å²) in [6, 6.07) is 6.94. The summed E-state index contributed by atoms with van der Waals surface area (Å²) in [5, 5.41) is 8.91. The van der Waals surface area contributed by atoms with Gasteiger partial charge in [-0.3, -0.25) is 13.9 Å². The van der Waals surface area contributed by atoms with Gasteiger partial charge in [-0.15, -0.1) is 10.8 Å². The molecular weight excluding hydrogens is 326 g/mol. The third kappa shape index (κ3) is 3.64. The highest BCUT2D eigenvalue weighted by atomic mass is 32.3. The molecule has 1 heterocycles. The van der Waals surface area contributed by atoms with E-state index in [-0.39, 0.29) is 10.5 Å². The Hall–Kier alpha value is -1.80. The lowest BCUT2D eigenvalue weighted by molar-refractivity contribution is 0.489. The molecule has 0 atom stereocenters. The largest absolute Gasteiger partial charge is 0.384 e. The number of nitrogens with zero attached hydrogens (tertiary/aromatic N) is 1. The van der Waals surface area contributed by atoms with Gasteiger partial charge in [-0.2, -0.15) is 0 Å². The van der Waals surface area contributed by atoms with Crippen LogP contribution in [0.1, 0.15) is 18.4 Å². The Morgan fingerprint density at radius 1 is 1.33 bits per heavy atom. The van der Waals surface area contributed by atoms with Crippen molar-refractivity contribution in [1.29, 1.82) is 0 Å². The number of pyridine rings is 1. The van der Waals surface area contributed by atoms with E-state index < -0.39 is 10.8 Å². The molecule has 2 aromatic rings. The summed E-state index contributed by atoms with van der Waals surface area (Å²) >= 11 is 0. The molecule has 0 aliphatic heterocycles. The molecule has 0 amide bonds. The van der Waals surface area contributed by atoms with Crippen LogP contribution in [0, 0.1) is 12.8 Å². The number of rotatable bonds is 5. The second-order valence-electron chi connectivity index (χ2n) is 6.45. The van der Waals surface area contributed by atoms with Crippen molar-refractivity contribution < 1.29 is 9.11 Å². The molecule has 7 heteroatoms. The Morgan fingerprint density at radius 2 is 2.04 bits per heavy atom. The second kappa shape index (κ2) is 6.25. The summed E-state index contributed by atoms with van der Waals surface area (Å²) < 4.78 is 21.1. The standard InChI is InChI=1S/C17H23N3O3S/c1-11-7-13(10-20(2)17(11)21)15-8-14(24(18,22)23)5-6-16(15)19-9-12-3-4-12/h5-8,10,12,19,22-23H,3-4,9,18H2,1-2H3. The van der Waals surface area contributed by atoms with Crippen LogP contribution in [-0.4, -0.2) is 20.2 Å². The zero-order chi connectivity index (χ0) is 17.5. The van der Waals surface area contributed by atoms with Crippen molar-refractivity contribution in [2.45, 2.75) is 24.7 Å². The Balaban J connectivity index is 2.08. The third-order valence-corrected chi connectivity index (χ3v) is 5.24. The molecule has 3 rings (SSSR count). The Kier molecular flexibility index (Phi) is 4.44. The molecule has 0 spiro atoms. The Bertz CT molecular complexity index is 797. The van der Waals surface area contributed by atoms with Crippen molar-refractivity contribution in [2.24, 2.45) is 18.1 Å². The van der Waals surface area contributed by atoms with Crippen LogP contribution in [-0.2, 0) is 7.05 Å². The third-order valence-electron chi connectivity index (χ3n) is 4.29. The molecule has 1 fully saturated rings. The minimum absolute atomic E-state index is 0.0505. The van der Waals surface area contributed by atoms with E-state index in [9.17, 15) is 13.9 Å². The van der Waals surface area contributed by atoms with E-state index in [1.807, 2.05) is 12.1 Å². The molecule has 130 valence electrons. The predicted octanol–water partition coefficient (Wildman–Crippen LogP) is 3.17. The van der Waals surface area contributed by atoms with Crippen molar-refractivity contribution in [2.75, 3.05) is 11.9 Å². The van der Waals surface area contributed by atoms with Crippen LogP contribution in [0.2, 0.25) is 0 Å². The molecule has 1 aromatic heterocycles. The monoisotopic (exact) mass is 349 g/mol. The summed E-state index contributed by atoms with van der Waals surface area (Å²) in [4.78, 5) is 12.2. The first kappa shape index (κ1) is 17.0. The maximum atomic E-state index is 11.9. The number of hydrogen-bond donors (Lipinski definition) is 4. The summed E-state index contributed by atoms with van der Waals surface area (Å²) in [7, 11) is -1.59. The van der Waals surface area contributed by atoms with Crippen LogP contribution in [0.15, 0.2) is 40.2 Å². The fraction of sp³-hybridized carbons (Fsp3) is 0.353. The predicted molar refractivity (Wildman–Crippen MR) is 98.4 cm³/mol. The SMILES string of the molecule is Cc1cc(-c2cc(S(N)(O)O)ccc2NCC2CC2)cn(C)c1=O. The van der Waals surface area contributed by atoms with E-state index in [1.54, 1.807) is 32.3 Å². The maximum Gasteiger partial charge on any atom is 0.253 e. The van der Waals surface area contributed by atoms with Crippen LogP contribution in [0.4, 0.5) is 5.69 Å². The molecule has 1 saturated carbocycles. The molecule has 0 unspecified atom stereocenters. The van der Waals surface area contributed by atoms with Gasteiger partial charge in [0.2, 0.25) is 0 Å². The first-order chi connectivity index (χ1) is 11.3. The van der Waals surface area contributed by atoms with Gasteiger partial charge in [0, 0.05) is 42.2 Å². The highest BCUT2D eigenvalue weighted by Crippen LogP contribution is 2.43. The summed E-state index contributed by atoms with van der Waals surface area (Å²) in [6.07, 6.45) is 4.23. The van der Waals surface area contributed by atoms with Crippen molar-refractivity contribution in [1.82, 2.24) is 4.57 Å². The van der Waals surface area contributed by atoms with Crippen molar-refractivity contribution >= 4 is 16.5 Å². The molecular formula is C17H23N3O3S. The molecule has 1 aliphatic rings. The van der Waals surface area contributed by atoms with Crippen LogP contribution in [0.3, 0.4) is 0 Å². The van der Waals surface area contributed by atoms with E-state index in [4.69, 9.17) is 5.14 Å². The fourth-order valence-electron chi connectivity index (χ4n) is 2.70. The van der Waals surface area contributed by atoms with E-state index >= 15 is 0 Å². The maximum absolute atomic E-state index is 11.9. The van der Waals surface area contributed by atoms with Gasteiger partial charge in [-0.05, 0) is 49.9 Å². The quantitative estimate of drug-likeness (QED) is 0.664. The van der Waals surface area contributed by atoms with Gasteiger partial charge in [0.25, 0.3) is 5.56 Å². The highest BCUT2D eigenvalue weighted by molar-refractivity contribution is 8.22. The topological polar surface area (TPSA) is 101 Å². The van der Waals surface area contributed by atoms with Crippen LogP contribution in [0.25, 0.3) is 11.1 Å². The molecule has 1 aliphatic carbocycles. The van der Waals surface area contributed by atoms with Gasteiger partial charge in [0.1, 0.15) is 0 Å². The van der Waals surface area contributed by atoms with Crippen molar-refractivity contribution in [3.05, 3.63) is 46.4 Å². The number of nitrogens with one attached hydrogen (secondary N) is 1. The molecule has 5 N–H and O–H groups in total. The minimum atomic E-state index is -3.29. The van der Waals surface area contributed by atoms with Gasteiger partial charge in [-0.1, -0.05) is 0 Å². The number of aromatic nitrogens is 1. The molecule has 0 radical (unpaired) electrons. The summed E-state index contributed by atoms with van der Waals surface area (Å²) in [5.74, 6) is 0.703. The van der Waals surface area contributed by atoms with Gasteiger partial charge in [-0.25, -0.2) is 5.14 Å². The van der Waals surface area contributed by atoms with Gasteiger partial charge < -0.3 is 9.88 Å². The van der Waals surface area contributed by atoms with Crippen LogP contribution < -0.4 is 16.0 Å². The molecule has 6 nitrogen and oxygen atoms in total. The summed E-state index contributed by atoms with van der Waals surface area (Å²) in [6.45, 7) is 2.65. The van der Waals surface area contributed by atoms with Gasteiger partial charge >= 0.3 is 0 Å². The number of benzene rings is 1. The lowest BCUT2D eigenvalue weighted by Gasteiger charge is -2.27. The molecule has 24 heavy (non-hydrogen) atoms. The smallest absolute Gasteiger partial charge is 0.253 e. The molecule has 0 bridgehead atoms. The first-order valence-electron chi connectivity index (χ1n) is 7.87. The lowest BCUT2D eigenvalue weighted by Crippen LogP contribution is -2.18. The van der Waals surface area contributed by atoms with E-state index in [1.165, 1.54) is 17.4 Å². The Morgan fingerprint density at radius 3 is 2.62 bits per heavy atom. The number of anilines is 1. The molecule has 0 saturated heterocycles. The van der Waals surface area contributed by atoms with Crippen molar-refractivity contribution in [3.8, 4) is 11.1 Å². The number of aryl methyl sites for hydroxylation is 2. The highest BCUT2D eigenvalue weighted by Gasteiger charge is 2.22. The summed E-state index contributed by atoms with van der Waals surface area (Å²) in [5.41, 5.74) is 3.11. The average Bonchev–Trinajstić information content (AvgIpc) is 3.33. The van der Waals surface area contributed by atoms with Gasteiger partial charge in [0.05, 0.1) is 4.90 Å². The minimum Gasteiger partial charge on any atom is -0.384 e. The first-order valence-corrected chi connectivity index (χ1v) is 9.48. The van der Waals surface area contributed by atoms with E-state index in [2.05, 4.69) is 5.32 Å². The number of hydrogen-bond acceptors (Lipinski definition) is 5. The molecule has 1 aromatic carbocycles. The fourth-order valence-corrected chi connectivity index (χ4v) is 3.26. The van der Waals surface area contributed by atoms with Crippen molar-refractivity contribution in [3.63, 3.8) is 0 Å². The second-order valence-corrected chi connectivity index (χ2v) is 8.11. The van der Waals surface area contributed by atoms with Crippen LogP contribution in [0.5, 0.6) is 0 Å². The zero-order valence-corrected chi connectivity index (χ0v) is 14.6. The van der Waals surface area contributed by atoms with Gasteiger partial charge in [0.15, 0.2) is 0 Å². The van der Waals surface area contributed by atoms with E-state index in [0.29, 0.717) is 11.5 Å². The zero-order valence-electron chi connectivity index (χ0n) is 13.8.